The lowest BCUT2D eigenvalue weighted by molar-refractivity contribution is 0.406. The number of hydrogen-bond acceptors (Lipinski definition) is 3. The summed E-state index contributed by atoms with van der Waals surface area (Å²) in [6.45, 7) is 0. The summed E-state index contributed by atoms with van der Waals surface area (Å²) in [4.78, 5) is 4.47. The first-order valence-electron chi connectivity index (χ1n) is 7.31. The summed E-state index contributed by atoms with van der Waals surface area (Å²) in [6.07, 6.45) is 5.24. The zero-order chi connectivity index (χ0) is 14.7. The lowest BCUT2D eigenvalue weighted by Crippen LogP contribution is -2.37. The first-order valence-corrected chi connectivity index (χ1v) is 8.99. The molecular formula is C17H19BrN2S. The molecule has 1 aromatic heterocycles. The van der Waals surface area contributed by atoms with Crippen LogP contribution in [-0.2, 0) is 0 Å². The maximum atomic E-state index is 6.35. The van der Waals surface area contributed by atoms with Gasteiger partial charge in [-0.2, -0.15) is 0 Å². The van der Waals surface area contributed by atoms with Gasteiger partial charge in [0.05, 0.1) is 0 Å². The molecule has 0 saturated heterocycles. The minimum atomic E-state index is 0.254. The second-order valence-corrected chi connectivity index (χ2v) is 7.61. The van der Waals surface area contributed by atoms with Crippen molar-refractivity contribution in [2.24, 2.45) is 5.73 Å². The van der Waals surface area contributed by atoms with E-state index in [2.05, 4.69) is 51.2 Å². The predicted octanol–water partition coefficient (Wildman–Crippen LogP) is 4.60. The largest absolute Gasteiger partial charge is 0.327 e. The molecule has 0 amide bonds. The quantitative estimate of drug-likeness (QED) is 0.866. The molecule has 110 valence electrons. The van der Waals surface area contributed by atoms with Crippen molar-refractivity contribution in [2.75, 3.05) is 0 Å². The third kappa shape index (κ3) is 3.68. The van der Waals surface area contributed by atoms with E-state index in [9.17, 15) is 0 Å². The Hall–Kier alpha value is -0.840. The van der Waals surface area contributed by atoms with E-state index in [0.717, 1.165) is 22.3 Å². The van der Waals surface area contributed by atoms with Gasteiger partial charge >= 0.3 is 0 Å². The van der Waals surface area contributed by atoms with Gasteiger partial charge in [0.2, 0.25) is 0 Å². The first-order chi connectivity index (χ1) is 10.2. The molecule has 0 aliphatic heterocycles. The van der Waals surface area contributed by atoms with Crippen LogP contribution in [0, 0.1) is 0 Å². The van der Waals surface area contributed by atoms with E-state index in [-0.39, 0.29) is 6.04 Å². The Bertz CT molecular complexity index is 590. The van der Waals surface area contributed by atoms with Gasteiger partial charge < -0.3 is 5.73 Å². The molecule has 4 heteroatoms. The van der Waals surface area contributed by atoms with Gasteiger partial charge in [0, 0.05) is 22.0 Å². The maximum Gasteiger partial charge on any atom is 0.110 e. The molecule has 2 nitrogen and oxygen atoms in total. The van der Waals surface area contributed by atoms with Crippen LogP contribution in [0.5, 0.6) is 0 Å². The minimum Gasteiger partial charge on any atom is -0.327 e. The van der Waals surface area contributed by atoms with Crippen molar-refractivity contribution in [3.63, 3.8) is 0 Å². The van der Waals surface area contributed by atoms with Gasteiger partial charge in [0.15, 0.2) is 0 Å². The van der Waals surface area contributed by atoms with Gasteiger partial charge in [-0.25, -0.2) is 4.98 Å². The Labute approximate surface area is 138 Å². The first kappa shape index (κ1) is 15.1. The molecule has 0 radical (unpaired) electrons. The van der Waals surface area contributed by atoms with Crippen LogP contribution in [0.2, 0.25) is 0 Å². The third-order valence-electron chi connectivity index (χ3n) is 4.10. The maximum absolute atomic E-state index is 6.35. The molecule has 2 aromatic rings. The van der Waals surface area contributed by atoms with E-state index in [1.165, 1.54) is 12.0 Å². The van der Waals surface area contributed by atoms with E-state index in [1.54, 1.807) is 0 Å². The zero-order valence-corrected chi connectivity index (χ0v) is 14.2. The van der Waals surface area contributed by atoms with Crippen LogP contribution in [-0.4, -0.2) is 16.3 Å². The highest BCUT2D eigenvalue weighted by Crippen LogP contribution is 2.41. The van der Waals surface area contributed by atoms with Crippen molar-refractivity contribution in [2.45, 2.75) is 41.5 Å². The summed E-state index contributed by atoms with van der Waals surface area (Å²) >= 11 is 5.39. The number of nitrogens with zero attached hydrogens (tertiary/aromatic N) is 1. The molecule has 2 N–H and O–H groups in total. The summed E-state index contributed by atoms with van der Waals surface area (Å²) in [5.41, 5.74) is 7.79. The van der Waals surface area contributed by atoms with Crippen LogP contribution >= 0.6 is 27.7 Å². The molecule has 0 bridgehead atoms. The molecule has 1 saturated carbocycles. The molecule has 1 fully saturated rings. The lowest BCUT2D eigenvalue weighted by Gasteiger charge is -2.33. The molecule has 3 atom stereocenters. The highest BCUT2D eigenvalue weighted by molar-refractivity contribution is 9.10. The number of rotatable bonds is 3. The summed E-state index contributed by atoms with van der Waals surface area (Å²) in [6, 6.07) is 15.0. The topological polar surface area (TPSA) is 38.9 Å². The van der Waals surface area contributed by atoms with Gasteiger partial charge in [0.1, 0.15) is 5.03 Å². The van der Waals surface area contributed by atoms with Crippen LogP contribution in [0.1, 0.15) is 30.7 Å². The lowest BCUT2D eigenvalue weighted by atomic mass is 9.82. The Morgan fingerprint density at radius 3 is 2.67 bits per heavy atom. The predicted molar refractivity (Wildman–Crippen MR) is 92.6 cm³/mol. The van der Waals surface area contributed by atoms with Gasteiger partial charge in [-0.1, -0.05) is 30.3 Å². The van der Waals surface area contributed by atoms with Crippen molar-refractivity contribution in [1.82, 2.24) is 4.98 Å². The number of thioether (sulfide) groups is 1. The van der Waals surface area contributed by atoms with Crippen molar-refractivity contribution < 1.29 is 0 Å². The van der Waals surface area contributed by atoms with E-state index < -0.39 is 0 Å². The molecular weight excluding hydrogens is 344 g/mol. The van der Waals surface area contributed by atoms with E-state index >= 15 is 0 Å². The summed E-state index contributed by atoms with van der Waals surface area (Å²) in [5.74, 6) is 0.617. The Balaban J connectivity index is 1.74. The Morgan fingerprint density at radius 2 is 1.90 bits per heavy atom. The fourth-order valence-electron chi connectivity index (χ4n) is 2.92. The van der Waals surface area contributed by atoms with Crippen LogP contribution < -0.4 is 5.73 Å². The number of pyridine rings is 1. The minimum absolute atomic E-state index is 0.254. The molecule has 1 aliphatic rings. The molecule has 21 heavy (non-hydrogen) atoms. The fraction of sp³-hybridized carbons (Fsp3) is 0.353. The van der Waals surface area contributed by atoms with Crippen molar-refractivity contribution in [3.05, 3.63) is 58.7 Å². The third-order valence-corrected chi connectivity index (χ3v) is 6.40. The van der Waals surface area contributed by atoms with Crippen LogP contribution in [0.25, 0.3) is 0 Å². The average Bonchev–Trinajstić information content (AvgIpc) is 2.52. The van der Waals surface area contributed by atoms with Gasteiger partial charge in [-0.3, -0.25) is 0 Å². The number of halogens is 1. The van der Waals surface area contributed by atoms with Gasteiger partial charge in [0.25, 0.3) is 0 Å². The van der Waals surface area contributed by atoms with Crippen LogP contribution in [0.15, 0.2) is 58.2 Å². The van der Waals surface area contributed by atoms with Crippen LogP contribution in [0.3, 0.4) is 0 Å². The summed E-state index contributed by atoms with van der Waals surface area (Å²) in [7, 11) is 0. The molecule has 3 rings (SSSR count). The second kappa shape index (κ2) is 6.95. The molecule has 3 unspecified atom stereocenters. The molecule has 0 spiro atoms. The monoisotopic (exact) mass is 362 g/mol. The Kier molecular flexibility index (Phi) is 4.99. The highest BCUT2D eigenvalue weighted by Gasteiger charge is 2.30. The molecule has 1 heterocycles. The van der Waals surface area contributed by atoms with Crippen molar-refractivity contribution in [3.8, 4) is 0 Å². The van der Waals surface area contributed by atoms with E-state index in [0.29, 0.717) is 11.2 Å². The summed E-state index contributed by atoms with van der Waals surface area (Å²) < 4.78 is 1.06. The van der Waals surface area contributed by atoms with Crippen molar-refractivity contribution >= 4 is 27.7 Å². The normalized spacial score (nSPS) is 25.7. The number of aromatic nitrogens is 1. The fourth-order valence-corrected chi connectivity index (χ4v) is 4.68. The van der Waals surface area contributed by atoms with Crippen molar-refractivity contribution in [1.29, 1.82) is 0 Å². The van der Waals surface area contributed by atoms with Crippen LogP contribution in [0.4, 0.5) is 0 Å². The van der Waals surface area contributed by atoms with E-state index in [1.807, 2.05) is 30.1 Å². The van der Waals surface area contributed by atoms with Gasteiger partial charge in [-0.05, 0) is 58.8 Å². The SMILES string of the molecule is NC1CCC(c2ccccc2)CC1Sc1ncccc1Br. The Morgan fingerprint density at radius 1 is 1.10 bits per heavy atom. The molecule has 1 aromatic carbocycles. The number of nitrogens with two attached hydrogens (primary N) is 1. The van der Waals surface area contributed by atoms with Gasteiger partial charge in [-0.15, -0.1) is 11.8 Å². The number of benzene rings is 1. The average molecular weight is 363 g/mol. The second-order valence-electron chi connectivity index (χ2n) is 5.53. The zero-order valence-electron chi connectivity index (χ0n) is 11.8. The number of hydrogen-bond donors (Lipinski definition) is 1. The summed E-state index contributed by atoms with van der Waals surface area (Å²) in [5, 5.41) is 1.47. The van der Waals surface area contributed by atoms with E-state index in [4.69, 9.17) is 5.73 Å². The molecule has 1 aliphatic carbocycles. The standard InChI is InChI=1S/C17H19BrN2S/c18-14-7-4-10-20-17(14)21-16-11-13(8-9-15(16)19)12-5-2-1-3-6-12/h1-7,10,13,15-16H,8-9,11,19H2. The smallest absolute Gasteiger partial charge is 0.110 e. The highest BCUT2D eigenvalue weighted by atomic mass is 79.9.